The van der Waals surface area contributed by atoms with Gasteiger partial charge in [0, 0.05) is 5.56 Å². The molecule has 0 bridgehead atoms. The molecule has 0 saturated carbocycles. The minimum Gasteiger partial charge on any atom is -0.467 e. The van der Waals surface area contributed by atoms with Crippen molar-refractivity contribution < 1.29 is 9.13 Å². The van der Waals surface area contributed by atoms with Crippen molar-refractivity contribution in [1.82, 2.24) is 24.9 Å². The van der Waals surface area contributed by atoms with Crippen LogP contribution in [0, 0.1) is 19.7 Å². The molecule has 0 spiro atoms. The Morgan fingerprint density at radius 3 is 2.82 bits per heavy atom. The summed E-state index contributed by atoms with van der Waals surface area (Å²) in [6, 6.07) is 5.37. The van der Waals surface area contributed by atoms with Gasteiger partial charge in [0.05, 0.1) is 22.3 Å². The van der Waals surface area contributed by atoms with E-state index >= 15 is 0 Å². The standard InChI is InChI=1S/C20H20FN5OS/c1-11-7-16(25-26-10-12(2)23-19(11)26)13-8-15(21)18-17(9-13)28-20(24-18)27-14-3-5-22-6-4-14/h7-10,14,22H,3-6H2,1-2H3. The number of imidazole rings is 1. The van der Waals surface area contributed by atoms with E-state index in [0.717, 1.165) is 53.1 Å². The number of aryl methyl sites for hydroxylation is 2. The number of benzene rings is 1. The smallest absolute Gasteiger partial charge is 0.274 e. The molecule has 0 radical (unpaired) electrons. The van der Waals surface area contributed by atoms with E-state index in [-0.39, 0.29) is 11.9 Å². The maximum atomic E-state index is 14.8. The molecular formula is C20H20FN5OS. The third-order valence-electron chi connectivity index (χ3n) is 5.01. The summed E-state index contributed by atoms with van der Waals surface area (Å²) >= 11 is 1.39. The van der Waals surface area contributed by atoms with Crippen LogP contribution in [0.2, 0.25) is 0 Å². The van der Waals surface area contributed by atoms with E-state index in [0.29, 0.717) is 16.4 Å². The number of piperidine rings is 1. The van der Waals surface area contributed by atoms with Crippen molar-refractivity contribution in [3.63, 3.8) is 0 Å². The third kappa shape index (κ3) is 3.12. The maximum absolute atomic E-state index is 14.8. The Balaban J connectivity index is 1.53. The molecule has 1 aliphatic rings. The summed E-state index contributed by atoms with van der Waals surface area (Å²) in [5, 5.41) is 8.45. The van der Waals surface area contributed by atoms with Crippen molar-refractivity contribution >= 4 is 27.2 Å². The molecule has 0 amide bonds. The number of fused-ring (bicyclic) bond motifs is 2. The van der Waals surface area contributed by atoms with Crippen molar-refractivity contribution in [2.24, 2.45) is 0 Å². The van der Waals surface area contributed by atoms with E-state index in [2.05, 4.69) is 20.4 Å². The second-order valence-electron chi connectivity index (χ2n) is 7.21. The van der Waals surface area contributed by atoms with Crippen LogP contribution in [0.5, 0.6) is 5.19 Å². The lowest BCUT2D eigenvalue weighted by atomic mass is 10.1. The Morgan fingerprint density at radius 1 is 1.18 bits per heavy atom. The Morgan fingerprint density at radius 2 is 2.00 bits per heavy atom. The quantitative estimate of drug-likeness (QED) is 0.568. The average Bonchev–Trinajstić information content (AvgIpc) is 3.25. The second-order valence-corrected chi connectivity index (χ2v) is 8.21. The zero-order chi connectivity index (χ0) is 19.3. The first kappa shape index (κ1) is 17.5. The molecule has 0 aliphatic carbocycles. The molecule has 1 saturated heterocycles. The molecule has 144 valence electrons. The van der Waals surface area contributed by atoms with Crippen LogP contribution in [-0.4, -0.2) is 38.8 Å². The van der Waals surface area contributed by atoms with Crippen LogP contribution < -0.4 is 10.1 Å². The van der Waals surface area contributed by atoms with Gasteiger partial charge < -0.3 is 10.1 Å². The predicted molar refractivity (Wildman–Crippen MR) is 108 cm³/mol. The third-order valence-corrected chi connectivity index (χ3v) is 5.90. The van der Waals surface area contributed by atoms with Gasteiger partial charge in [0.1, 0.15) is 11.6 Å². The van der Waals surface area contributed by atoms with Gasteiger partial charge in [-0.15, -0.1) is 0 Å². The fourth-order valence-corrected chi connectivity index (χ4v) is 4.54. The van der Waals surface area contributed by atoms with Crippen LogP contribution in [0.1, 0.15) is 24.1 Å². The number of rotatable bonds is 3. The van der Waals surface area contributed by atoms with Gasteiger partial charge in [-0.05, 0) is 63.5 Å². The first-order valence-electron chi connectivity index (χ1n) is 9.38. The fourth-order valence-electron chi connectivity index (χ4n) is 3.61. The highest BCUT2D eigenvalue weighted by Gasteiger charge is 2.19. The van der Waals surface area contributed by atoms with Crippen LogP contribution in [-0.2, 0) is 0 Å². The predicted octanol–water partition coefficient (Wildman–Crippen LogP) is 3.89. The Bertz CT molecular complexity index is 1180. The van der Waals surface area contributed by atoms with Gasteiger partial charge in [-0.3, -0.25) is 0 Å². The number of ether oxygens (including phenoxy) is 1. The van der Waals surface area contributed by atoms with Crippen LogP contribution in [0.15, 0.2) is 24.4 Å². The van der Waals surface area contributed by atoms with Gasteiger partial charge in [0.25, 0.3) is 5.19 Å². The largest absolute Gasteiger partial charge is 0.467 e. The Hall–Kier alpha value is -2.58. The SMILES string of the molecule is Cc1cn2nc(-c3cc(F)c4nc(OC5CCNCC5)sc4c3)cc(C)c2n1. The highest BCUT2D eigenvalue weighted by molar-refractivity contribution is 7.20. The Kier molecular flexibility index (Phi) is 4.25. The molecule has 6 nitrogen and oxygen atoms in total. The average molecular weight is 397 g/mol. The zero-order valence-electron chi connectivity index (χ0n) is 15.7. The topological polar surface area (TPSA) is 64.3 Å². The van der Waals surface area contributed by atoms with E-state index in [1.54, 1.807) is 4.52 Å². The van der Waals surface area contributed by atoms with Crippen molar-refractivity contribution in [3.05, 3.63) is 41.5 Å². The number of hydrogen-bond donors (Lipinski definition) is 1. The maximum Gasteiger partial charge on any atom is 0.274 e. The number of nitrogens with one attached hydrogen (secondary N) is 1. The normalized spacial score (nSPS) is 15.5. The molecule has 1 fully saturated rings. The van der Waals surface area contributed by atoms with Crippen LogP contribution >= 0.6 is 11.3 Å². The lowest BCUT2D eigenvalue weighted by Crippen LogP contribution is -2.34. The first-order chi connectivity index (χ1) is 13.6. The summed E-state index contributed by atoms with van der Waals surface area (Å²) in [7, 11) is 0. The minimum absolute atomic E-state index is 0.139. The molecule has 1 aliphatic heterocycles. The lowest BCUT2D eigenvalue weighted by Gasteiger charge is -2.22. The fraction of sp³-hybridized carbons (Fsp3) is 0.350. The highest BCUT2D eigenvalue weighted by atomic mass is 32.1. The molecule has 5 rings (SSSR count). The van der Waals surface area contributed by atoms with Gasteiger partial charge in [-0.1, -0.05) is 11.3 Å². The summed E-state index contributed by atoms with van der Waals surface area (Å²) in [4.78, 5) is 8.85. The number of hydrogen-bond acceptors (Lipinski definition) is 6. The summed E-state index contributed by atoms with van der Waals surface area (Å²) < 4.78 is 23.3. The van der Waals surface area contributed by atoms with Crippen molar-refractivity contribution in [2.75, 3.05) is 13.1 Å². The molecule has 8 heteroatoms. The molecule has 28 heavy (non-hydrogen) atoms. The van der Waals surface area contributed by atoms with E-state index in [1.165, 1.54) is 17.4 Å². The molecule has 3 aromatic heterocycles. The summed E-state index contributed by atoms with van der Waals surface area (Å²) in [6.07, 6.45) is 3.90. The van der Waals surface area contributed by atoms with Crippen molar-refractivity contribution in [3.8, 4) is 16.5 Å². The second kappa shape index (κ2) is 6.79. The van der Waals surface area contributed by atoms with E-state index in [1.807, 2.05) is 32.2 Å². The minimum atomic E-state index is -0.356. The monoisotopic (exact) mass is 397 g/mol. The van der Waals surface area contributed by atoms with E-state index in [9.17, 15) is 4.39 Å². The van der Waals surface area contributed by atoms with E-state index in [4.69, 9.17) is 4.74 Å². The molecule has 4 heterocycles. The summed E-state index contributed by atoms with van der Waals surface area (Å²) in [5.41, 5.74) is 4.50. The molecule has 0 atom stereocenters. The van der Waals surface area contributed by atoms with Crippen LogP contribution in [0.3, 0.4) is 0 Å². The van der Waals surface area contributed by atoms with Crippen molar-refractivity contribution in [2.45, 2.75) is 32.8 Å². The lowest BCUT2D eigenvalue weighted by molar-refractivity contribution is 0.162. The summed E-state index contributed by atoms with van der Waals surface area (Å²) in [5.74, 6) is -0.356. The van der Waals surface area contributed by atoms with Gasteiger partial charge >= 0.3 is 0 Å². The van der Waals surface area contributed by atoms with Crippen LogP contribution in [0.4, 0.5) is 4.39 Å². The van der Waals surface area contributed by atoms with Gasteiger partial charge in [0.15, 0.2) is 11.5 Å². The zero-order valence-corrected chi connectivity index (χ0v) is 16.5. The molecular weight excluding hydrogens is 377 g/mol. The number of thiazole rings is 1. The van der Waals surface area contributed by atoms with Gasteiger partial charge in [-0.25, -0.2) is 13.9 Å². The summed E-state index contributed by atoms with van der Waals surface area (Å²) in [6.45, 7) is 5.80. The number of nitrogens with zero attached hydrogens (tertiary/aromatic N) is 4. The van der Waals surface area contributed by atoms with Gasteiger partial charge in [-0.2, -0.15) is 10.1 Å². The number of aromatic nitrogens is 4. The van der Waals surface area contributed by atoms with Crippen molar-refractivity contribution in [1.29, 1.82) is 0 Å². The number of halogens is 1. The van der Waals surface area contributed by atoms with Gasteiger partial charge in [0.2, 0.25) is 0 Å². The molecule has 1 N–H and O–H groups in total. The first-order valence-corrected chi connectivity index (χ1v) is 10.2. The molecule has 4 aromatic rings. The molecule has 1 aromatic carbocycles. The van der Waals surface area contributed by atoms with E-state index < -0.39 is 0 Å². The van der Waals surface area contributed by atoms with Crippen LogP contribution in [0.25, 0.3) is 27.1 Å². The molecule has 0 unspecified atom stereocenters. The Labute approximate surface area is 165 Å². The highest BCUT2D eigenvalue weighted by Crippen LogP contribution is 2.34.